The van der Waals surface area contributed by atoms with E-state index in [9.17, 15) is 0 Å². The first-order valence-corrected chi connectivity index (χ1v) is 6.89. The number of thioether (sulfide) groups is 1. The average molecular weight is 277 g/mol. The molecule has 0 radical (unpaired) electrons. The molecule has 2 rings (SSSR count). The number of hydrogen-bond donors (Lipinski definition) is 1. The molecule has 0 unspecified atom stereocenters. The van der Waals surface area contributed by atoms with Gasteiger partial charge in [-0.3, -0.25) is 0 Å². The minimum atomic E-state index is 0.0666. The molecular formula is C13H15N3S2. The molecule has 0 aliphatic rings. The van der Waals surface area contributed by atoms with Crippen LogP contribution in [-0.2, 0) is 0 Å². The summed E-state index contributed by atoms with van der Waals surface area (Å²) >= 11 is 6.77. The van der Waals surface area contributed by atoms with Crippen LogP contribution in [0, 0.1) is 4.77 Å². The van der Waals surface area contributed by atoms with E-state index in [4.69, 9.17) is 12.2 Å². The van der Waals surface area contributed by atoms with Crippen LogP contribution in [0.2, 0.25) is 0 Å². The second-order valence-corrected chi connectivity index (χ2v) is 7.05. The van der Waals surface area contributed by atoms with Crippen molar-refractivity contribution in [1.82, 2.24) is 15.0 Å². The maximum Gasteiger partial charge on any atom is 0.200 e. The predicted molar refractivity (Wildman–Crippen MR) is 78.3 cm³/mol. The summed E-state index contributed by atoms with van der Waals surface area (Å²) in [6.45, 7) is 6.38. The molecule has 1 N–H and O–H groups in total. The molecule has 1 aromatic carbocycles. The zero-order valence-corrected chi connectivity index (χ0v) is 12.2. The van der Waals surface area contributed by atoms with Crippen LogP contribution >= 0.6 is 24.0 Å². The molecule has 0 saturated carbocycles. The van der Waals surface area contributed by atoms with E-state index < -0.39 is 0 Å². The molecule has 94 valence electrons. The molecular weight excluding hydrogens is 262 g/mol. The lowest BCUT2D eigenvalue weighted by atomic mass is 10.2. The zero-order valence-electron chi connectivity index (χ0n) is 10.6. The van der Waals surface area contributed by atoms with Crippen LogP contribution in [0.25, 0.3) is 11.4 Å². The smallest absolute Gasteiger partial charge is 0.200 e. The van der Waals surface area contributed by atoms with Crippen LogP contribution in [0.5, 0.6) is 0 Å². The van der Waals surface area contributed by atoms with Crippen molar-refractivity contribution in [3.05, 3.63) is 35.1 Å². The van der Waals surface area contributed by atoms with E-state index in [0.717, 1.165) is 11.4 Å². The lowest BCUT2D eigenvalue weighted by molar-refractivity contribution is 0.786. The Balaban J connectivity index is 2.42. The summed E-state index contributed by atoms with van der Waals surface area (Å²) in [6.07, 6.45) is 0. The number of benzene rings is 1. The standard InChI is InChI=1S/C13H15N3S2/c1-13(2,3)18-12-15-10(14-11(17)16-12)9-7-5-4-6-8-9/h4-8H,1-3H3,(H,14,15,16,17). The largest absolute Gasteiger partial charge is 0.315 e. The minimum Gasteiger partial charge on any atom is -0.315 e. The summed E-state index contributed by atoms with van der Waals surface area (Å²) in [5.41, 5.74) is 1.02. The van der Waals surface area contributed by atoms with E-state index in [1.54, 1.807) is 11.8 Å². The third-order valence-electron chi connectivity index (χ3n) is 2.07. The summed E-state index contributed by atoms with van der Waals surface area (Å²) < 4.78 is 0.535. The first kappa shape index (κ1) is 13.2. The van der Waals surface area contributed by atoms with Crippen molar-refractivity contribution in [2.24, 2.45) is 0 Å². The molecule has 0 atom stereocenters. The maximum absolute atomic E-state index is 5.16. The van der Waals surface area contributed by atoms with Gasteiger partial charge in [0.05, 0.1) is 0 Å². The molecule has 0 aliphatic carbocycles. The van der Waals surface area contributed by atoms with Gasteiger partial charge in [-0.2, -0.15) is 4.98 Å². The van der Waals surface area contributed by atoms with Crippen LogP contribution in [0.4, 0.5) is 0 Å². The topological polar surface area (TPSA) is 41.6 Å². The molecule has 0 saturated heterocycles. The van der Waals surface area contributed by atoms with E-state index in [0.29, 0.717) is 9.93 Å². The Kier molecular flexibility index (Phi) is 3.82. The first-order valence-electron chi connectivity index (χ1n) is 5.67. The lowest BCUT2D eigenvalue weighted by Crippen LogP contribution is -2.09. The number of aromatic amines is 1. The van der Waals surface area contributed by atoms with E-state index in [1.165, 1.54) is 0 Å². The van der Waals surface area contributed by atoms with Gasteiger partial charge in [0.1, 0.15) is 5.82 Å². The fourth-order valence-corrected chi connectivity index (χ4v) is 2.48. The maximum atomic E-state index is 5.16. The Labute approximate surface area is 116 Å². The van der Waals surface area contributed by atoms with Gasteiger partial charge in [-0.15, -0.1) is 0 Å². The van der Waals surface area contributed by atoms with Crippen molar-refractivity contribution in [3.63, 3.8) is 0 Å². The van der Waals surface area contributed by atoms with Gasteiger partial charge in [0.25, 0.3) is 0 Å². The summed E-state index contributed by atoms with van der Waals surface area (Å²) in [7, 11) is 0. The molecule has 0 aliphatic heterocycles. The van der Waals surface area contributed by atoms with E-state index in [1.807, 2.05) is 30.3 Å². The quantitative estimate of drug-likeness (QED) is 0.663. The molecule has 3 nitrogen and oxygen atoms in total. The normalized spacial score (nSPS) is 11.5. The Bertz CT molecular complexity index is 585. The predicted octanol–water partition coefficient (Wildman–Crippen LogP) is 4.09. The van der Waals surface area contributed by atoms with Crippen LogP contribution in [0.3, 0.4) is 0 Å². The van der Waals surface area contributed by atoms with Gasteiger partial charge in [-0.05, 0) is 12.2 Å². The average Bonchev–Trinajstić information content (AvgIpc) is 2.27. The third kappa shape index (κ3) is 3.65. The van der Waals surface area contributed by atoms with Crippen molar-refractivity contribution in [2.45, 2.75) is 30.7 Å². The zero-order chi connectivity index (χ0) is 13.2. The molecule has 1 aromatic heterocycles. The number of hydrogen-bond acceptors (Lipinski definition) is 4. The van der Waals surface area contributed by atoms with Gasteiger partial charge in [-0.1, -0.05) is 62.9 Å². The number of rotatable bonds is 2. The van der Waals surface area contributed by atoms with Crippen LogP contribution in [-0.4, -0.2) is 19.7 Å². The number of H-pyrrole nitrogens is 1. The van der Waals surface area contributed by atoms with Crippen LogP contribution < -0.4 is 0 Å². The molecule has 0 bridgehead atoms. The highest BCUT2D eigenvalue weighted by molar-refractivity contribution is 8.00. The SMILES string of the molecule is CC(C)(C)Sc1nc(-c2ccccc2)[nH]c(=S)n1. The monoisotopic (exact) mass is 277 g/mol. The highest BCUT2D eigenvalue weighted by Crippen LogP contribution is 2.29. The number of aromatic nitrogens is 3. The van der Waals surface area contributed by atoms with Crippen molar-refractivity contribution in [1.29, 1.82) is 0 Å². The Morgan fingerprint density at radius 1 is 1.11 bits per heavy atom. The van der Waals surface area contributed by atoms with Crippen molar-refractivity contribution >= 4 is 24.0 Å². The molecule has 1 heterocycles. The lowest BCUT2D eigenvalue weighted by Gasteiger charge is -2.16. The molecule has 0 amide bonds. The third-order valence-corrected chi connectivity index (χ3v) is 3.25. The number of nitrogens with zero attached hydrogens (tertiary/aromatic N) is 2. The van der Waals surface area contributed by atoms with Crippen molar-refractivity contribution in [2.75, 3.05) is 0 Å². The van der Waals surface area contributed by atoms with Gasteiger partial charge >= 0.3 is 0 Å². The Hall–Kier alpha value is -1.20. The summed E-state index contributed by atoms with van der Waals surface area (Å²) in [5, 5.41) is 0.713. The summed E-state index contributed by atoms with van der Waals surface area (Å²) in [4.78, 5) is 11.8. The second-order valence-electron chi connectivity index (χ2n) is 4.87. The Morgan fingerprint density at radius 3 is 2.39 bits per heavy atom. The van der Waals surface area contributed by atoms with Gasteiger partial charge in [0.2, 0.25) is 4.77 Å². The molecule has 5 heteroatoms. The highest BCUT2D eigenvalue weighted by Gasteiger charge is 2.15. The first-order chi connectivity index (χ1) is 8.44. The second kappa shape index (κ2) is 5.20. The molecule has 0 spiro atoms. The van der Waals surface area contributed by atoms with E-state index in [-0.39, 0.29) is 4.75 Å². The summed E-state index contributed by atoms with van der Waals surface area (Å²) in [6, 6.07) is 9.93. The van der Waals surface area contributed by atoms with Crippen LogP contribution in [0.15, 0.2) is 35.5 Å². The fourth-order valence-electron chi connectivity index (χ4n) is 1.42. The van der Waals surface area contributed by atoms with Gasteiger partial charge in [0.15, 0.2) is 5.16 Å². The van der Waals surface area contributed by atoms with Gasteiger partial charge in [-0.25, -0.2) is 4.98 Å². The Morgan fingerprint density at radius 2 is 1.78 bits per heavy atom. The fraction of sp³-hybridized carbons (Fsp3) is 0.308. The molecule has 18 heavy (non-hydrogen) atoms. The van der Waals surface area contributed by atoms with E-state index in [2.05, 4.69) is 35.7 Å². The van der Waals surface area contributed by atoms with Crippen LogP contribution in [0.1, 0.15) is 20.8 Å². The van der Waals surface area contributed by atoms with E-state index >= 15 is 0 Å². The molecule has 0 fully saturated rings. The summed E-state index contributed by atoms with van der Waals surface area (Å²) in [5.74, 6) is 0.766. The van der Waals surface area contributed by atoms with Crippen molar-refractivity contribution in [3.8, 4) is 11.4 Å². The van der Waals surface area contributed by atoms with Gasteiger partial charge in [0, 0.05) is 10.3 Å². The highest BCUT2D eigenvalue weighted by atomic mass is 32.2. The number of nitrogens with one attached hydrogen (secondary N) is 1. The minimum absolute atomic E-state index is 0.0666. The molecule has 2 aromatic rings. The van der Waals surface area contributed by atoms with Gasteiger partial charge < -0.3 is 4.98 Å². The van der Waals surface area contributed by atoms with Crippen molar-refractivity contribution < 1.29 is 0 Å².